The van der Waals surface area contributed by atoms with E-state index in [1.807, 2.05) is 49.4 Å². The lowest BCUT2D eigenvalue weighted by molar-refractivity contribution is -0.138. The Morgan fingerprint density at radius 3 is 2.63 bits per heavy atom. The largest absolute Gasteiger partial charge is 0.492 e. The Kier molecular flexibility index (Phi) is 7.38. The zero-order chi connectivity index (χ0) is 28.5. The minimum absolute atomic E-state index is 0.0992. The quantitative estimate of drug-likeness (QED) is 0.290. The first kappa shape index (κ1) is 26.9. The van der Waals surface area contributed by atoms with Crippen molar-refractivity contribution >= 4 is 40.7 Å². The third-order valence-corrected chi connectivity index (χ3v) is 7.92. The van der Waals surface area contributed by atoms with E-state index < -0.39 is 12.0 Å². The summed E-state index contributed by atoms with van der Waals surface area (Å²) in [6.45, 7) is 4.39. The van der Waals surface area contributed by atoms with Gasteiger partial charge in [-0.2, -0.15) is 0 Å². The van der Waals surface area contributed by atoms with Gasteiger partial charge in [0.05, 0.1) is 40.1 Å². The van der Waals surface area contributed by atoms with E-state index >= 15 is 0 Å². The lowest BCUT2D eigenvalue weighted by atomic mass is 9.93. The lowest BCUT2D eigenvalue weighted by Crippen LogP contribution is -2.40. The first-order valence-corrected chi connectivity index (χ1v) is 14.3. The molecule has 1 atom stereocenters. The monoisotopic (exact) mass is 588 g/mol. The van der Waals surface area contributed by atoms with Gasteiger partial charge in [0.25, 0.3) is 5.56 Å². The minimum Gasteiger partial charge on any atom is -0.492 e. The molecule has 0 spiro atoms. The number of fused-ring (bicyclic) bond motifs is 2. The zero-order valence-corrected chi connectivity index (χ0v) is 23.8. The fourth-order valence-corrected chi connectivity index (χ4v) is 6.11. The predicted octanol–water partition coefficient (Wildman–Crippen LogP) is 4.72. The smallest absolute Gasteiger partial charge is 0.338 e. The molecular formula is C31H25ClN2O6S. The maximum Gasteiger partial charge on any atom is 0.338 e. The van der Waals surface area contributed by atoms with Crippen molar-refractivity contribution in [3.8, 4) is 17.2 Å². The van der Waals surface area contributed by atoms with Crippen molar-refractivity contribution < 1.29 is 23.7 Å². The number of carbonyl (C=O) groups excluding carboxylic acids is 1. The zero-order valence-electron chi connectivity index (χ0n) is 22.3. The second-order valence-corrected chi connectivity index (χ2v) is 10.6. The molecule has 0 radical (unpaired) electrons. The second-order valence-electron chi connectivity index (χ2n) is 9.17. The number of hydrogen-bond acceptors (Lipinski definition) is 8. The van der Waals surface area contributed by atoms with Gasteiger partial charge >= 0.3 is 5.97 Å². The van der Waals surface area contributed by atoms with Crippen LogP contribution < -0.4 is 29.1 Å². The maximum absolute atomic E-state index is 14.1. The number of esters is 1. The molecule has 2 aliphatic rings. The minimum atomic E-state index is -0.818. The normalized spacial score (nSPS) is 15.9. The van der Waals surface area contributed by atoms with Crippen LogP contribution in [0.15, 0.2) is 82.1 Å². The number of benzene rings is 3. The average Bonchev–Trinajstić information content (AvgIpc) is 3.57. The third-order valence-electron chi connectivity index (χ3n) is 6.64. The summed E-state index contributed by atoms with van der Waals surface area (Å²) >= 11 is 7.65. The van der Waals surface area contributed by atoms with Gasteiger partial charge in [-0.05, 0) is 55.3 Å². The Morgan fingerprint density at radius 1 is 1.07 bits per heavy atom. The molecule has 10 heteroatoms. The number of halogens is 1. The number of ether oxygens (including phenoxy) is 4. The summed E-state index contributed by atoms with van der Waals surface area (Å²) in [7, 11) is 0. The number of thiazole rings is 1. The van der Waals surface area contributed by atoms with E-state index in [0.717, 1.165) is 11.1 Å². The van der Waals surface area contributed by atoms with Crippen molar-refractivity contribution in [1.82, 2.24) is 4.57 Å². The van der Waals surface area contributed by atoms with Crippen LogP contribution in [0.2, 0.25) is 5.02 Å². The van der Waals surface area contributed by atoms with Crippen LogP contribution in [-0.2, 0) is 9.53 Å². The highest BCUT2D eigenvalue weighted by Crippen LogP contribution is 2.40. The van der Waals surface area contributed by atoms with E-state index in [0.29, 0.717) is 49.5 Å². The Balaban J connectivity index is 1.60. The number of nitrogens with zero attached hydrogens (tertiary/aromatic N) is 2. The molecular weight excluding hydrogens is 564 g/mol. The highest BCUT2D eigenvalue weighted by atomic mass is 35.5. The first-order chi connectivity index (χ1) is 20.0. The first-order valence-electron chi connectivity index (χ1n) is 13.1. The van der Waals surface area contributed by atoms with Crippen LogP contribution in [0.3, 0.4) is 0 Å². The van der Waals surface area contributed by atoms with E-state index in [1.54, 1.807) is 41.8 Å². The van der Waals surface area contributed by atoms with Gasteiger partial charge in [0.15, 0.2) is 16.3 Å². The van der Waals surface area contributed by atoms with Crippen molar-refractivity contribution in [3.63, 3.8) is 0 Å². The van der Waals surface area contributed by atoms with Crippen LogP contribution in [0.1, 0.15) is 36.6 Å². The molecule has 0 bridgehead atoms. The van der Waals surface area contributed by atoms with Crippen LogP contribution in [0, 0.1) is 0 Å². The molecule has 4 aromatic rings. The summed E-state index contributed by atoms with van der Waals surface area (Å²) in [6.07, 6.45) is 1.76. The molecule has 0 saturated carbocycles. The summed E-state index contributed by atoms with van der Waals surface area (Å²) < 4.78 is 24.2. The Morgan fingerprint density at radius 2 is 1.88 bits per heavy atom. The van der Waals surface area contributed by atoms with E-state index in [4.69, 9.17) is 35.5 Å². The summed E-state index contributed by atoms with van der Waals surface area (Å²) in [5.74, 6) is 1.15. The number of rotatable bonds is 7. The molecule has 0 fully saturated rings. The van der Waals surface area contributed by atoms with E-state index in [9.17, 15) is 9.59 Å². The molecule has 0 amide bonds. The van der Waals surface area contributed by atoms with Crippen molar-refractivity contribution in [2.75, 3.05) is 20.0 Å². The summed E-state index contributed by atoms with van der Waals surface area (Å²) in [5.41, 5.74) is 2.55. The number of carbonyl (C=O) groups is 1. The fourth-order valence-electron chi connectivity index (χ4n) is 4.87. The highest BCUT2D eigenvalue weighted by molar-refractivity contribution is 7.07. The van der Waals surface area contributed by atoms with Crippen LogP contribution in [0.25, 0.3) is 11.8 Å². The molecule has 3 aromatic carbocycles. The van der Waals surface area contributed by atoms with Crippen LogP contribution in [0.4, 0.5) is 0 Å². The second kappa shape index (κ2) is 11.3. The van der Waals surface area contributed by atoms with Gasteiger partial charge in [-0.3, -0.25) is 9.36 Å². The molecule has 0 unspecified atom stereocenters. The summed E-state index contributed by atoms with van der Waals surface area (Å²) in [6, 6.07) is 19.3. The van der Waals surface area contributed by atoms with Gasteiger partial charge in [0, 0.05) is 5.56 Å². The maximum atomic E-state index is 14.1. The molecule has 0 N–H and O–H groups in total. The highest BCUT2D eigenvalue weighted by Gasteiger charge is 2.36. The lowest BCUT2D eigenvalue weighted by Gasteiger charge is -2.26. The molecule has 1 aromatic heterocycles. The average molecular weight is 589 g/mol. The van der Waals surface area contributed by atoms with Crippen LogP contribution in [0.5, 0.6) is 17.2 Å². The third kappa shape index (κ3) is 5.03. The molecule has 0 saturated heterocycles. The van der Waals surface area contributed by atoms with Crippen molar-refractivity contribution in [1.29, 1.82) is 0 Å². The Bertz CT molecular complexity index is 1860. The Hall–Kier alpha value is -4.34. The molecule has 8 nitrogen and oxygen atoms in total. The topological polar surface area (TPSA) is 88.4 Å². The van der Waals surface area contributed by atoms with Gasteiger partial charge in [-0.15, -0.1) is 0 Å². The Labute approximate surface area is 244 Å². The number of hydrogen-bond donors (Lipinski definition) is 0. The summed E-state index contributed by atoms with van der Waals surface area (Å²) in [5, 5.41) is 0.447. The molecule has 0 aliphatic carbocycles. The van der Waals surface area contributed by atoms with E-state index in [1.165, 1.54) is 11.3 Å². The SMILES string of the molecule is CCOC(=O)C1=C(c2ccccc2)N=c2s/c(=C\c3ccc(OCC)c(Cl)c3)c(=O)n2[C@@H]1c1ccc2c(c1)OCO2. The molecule has 3 heterocycles. The molecule has 208 valence electrons. The van der Waals surface area contributed by atoms with Crippen LogP contribution in [-0.4, -0.2) is 30.5 Å². The summed E-state index contributed by atoms with van der Waals surface area (Å²) in [4.78, 5) is 33.0. The van der Waals surface area contributed by atoms with Gasteiger partial charge < -0.3 is 18.9 Å². The molecule has 2 aliphatic heterocycles. The van der Waals surface area contributed by atoms with E-state index in [-0.39, 0.29) is 24.5 Å². The van der Waals surface area contributed by atoms with Gasteiger partial charge in [0.1, 0.15) is 5.75 Å². The molecule has 41 heavy (non-hydrogen) atoms. The van der Waals surface area contributed by atoms with Gasteiger partial charge in [0.2, 0.25) is 6.79 Å². The van der Waals surface area contributed by atoms with Crippen molar-refractivity contribution in [3.05, 3.63) is 114 Å². The van der Waals surface area contributed by atoms with Gasteiger partial charge in [-0.25, -0.2) is 9.79 Å². The predicted molar refractivity (Wildman–Crippen MR) is 156 cm³/mol. The van der Waals surface area contributed by atoms with Crippen LogP contribution >= 0.6 is 22.9 Å². The van der Waals surface area contributed by atoms with E-state index in [2.05, 4.69) is 0 Å². The van der Waals surface area contributed by atoms with Crippen molar-refractivity contribution in [2.24, 2.45) is 4.99 Å². The molecule has 6 rings (SSSR count). The van der Waals surface area contributed by atoms with Crippen molar-refractivity contribution in [2.45, 2.75) is 19.9 Å². The standard InChI is InChI=1S/C31H25ClN2O6S/c1-3-37-22-12-10-18(14-21(22)32)15-25-29(35)34-28(20-11-13-23-24(16-20)40-17-39-23)26(30(36)38-4-2)27(33-31(34)41-25)19-8-6-5-7-9-19/h5-16,28H,3-4,17H2,1-2H3/b25-15-/t28-/m1/s1. The van der Waals surface area contributed by atoms with Gasteiger partial charge in [-0.1, -0.05) is 65.4 Å². The number of aromatic nitrogens is 1. The fraction of sp³-hybridized carbons (Fsp3) is 0.194.